The molecule has 41 heavy (non-hydrogen) atoms. The van der Waals surface area contributed by atoms with Crippen LogP contribution >= 0.6 is 11.3 Å². The summed E-state index contributed by atoms with van der Waals surface area (Å²) in [4.78, 5) is 18.6. The predicted molar refractivity (Wildman–Crippen MR) is 162 cm³/mol. The molecule has 0 saturated heterocycles. The first kappa shape index (κ1) is 26.5. The Morgan fingerprint density at radius 3 is 2.41 bits per heavy atom. The topological polar surface area (TPSA) is 83.5 Å². The predicted octanol–water partition coefficient (Wildman–Crippen LogP) is 5.71. The number of ether oxygens (including phenoxy) is 2. The molecule has 0 N–H and O–H groups in total. The van der Waals surface area contributed by atoms with Crippen LogP contribution in [0.4, 0.5) is 0 Å². The molecule has 0 aliphatic heterocycles. The van der Waals surface area contributed by atoms with Crippen LogP contribution in [0.1, 0.15) is 31.4 Å². The molecule has 9 heteroatoms. The lowest BCUT2D eigenvalue weighted by molar-refractivity contribution is 0.317. The molecular weight excluding hydrogens is 534 g/mol. The lowest BCUT2D eigenvalue weighted by Crippen LogP contribution is -2.23. The van der Waals surface area contributed by atoms with Gasteiger partial charge in [0.1, 0.15) is 17.2 Å². The number of hydrogen-bond donors (Lipinski definition) is 0. The average Bonchev–Trinajstić information content (AvgIpc) is 3.69. The summed E-state index contributed by atoms with van der Waals surface area (Å²) in [5.74, 6) is 2.15. The number of hydrogen-bond acceptors (Lipinski definition) is 7. The average molecular weight is 564 g/mol. The molecular formula is C32H29N5O3S. The van der Waals surface area contributed by atoms with Crippen molar-refractivity contribution in [1.29, 1.82) is 0 Å². The molecule has 0 atom stereocenters. The summed E-state index contributed by atoms with van der Waals surface area (Å²) in [6.45, 7) is 7.32. The smallest absolute Gasteiger partial charge is 0.291 e. The van der Waals surface area contributed by atoms with Crippen molar-refractivity contribution in [1.82, 2.24) is 24.4 Å². The van der Waals surface area contributed by atoms with Crippen molar-refractivity contribution in [2.24, 2.45) is 0 Å². The number of aromatic nitrogens is 5. The summed E-state index contributed by atoms with van der Waals surface area (Å²) < 4.78 is 15.1. The van der Waals surface area contributed by atoms with Crippen LogP contribution in [0.25, 0.3) is 39.4 Å². The summed E-state index contributed by atoms with van der Waals surface area (Å²) in [5, 5.41) is 9.43. The van der Waals surface area contributed by atoms with Gasteiger partial charge in [0.2, 0.25) is 4.96 Å². The Morgan fingerprint density at radius 1 is 0.927 bits per heavy atom. The molecule has 0 bridgehead atoms. The third-order valence-corrected chi connectivity index (χ3v) is 7.52. The number of benzene rings is 3. The van der Waals surface area contributed by atoms with Crippen molar-refractivity contribution in [2.75, 3.05) is 13.2 Å². The van der Waals surface area contributed by atoms with E-state index in [1.165, 1.54) is 15.9 Å². The van der Waals surface area contributed by atoms with Gasteiger partial charge >= 0.3 is 0 Å². The number of aryl methyl sites for hydroxylation is 1. The van der Waals surface area contributed by atoms with Gasteiger partial charge in [-0.05, 0) is 86.5 Å². The van der Waals surface area contributed by atoms with Gasteiger partial charge in [0.05, 0.1) is 23.4 Å². The van der Waals surface area contributed by atoms with E-state index in [9.17, 15) is 4.79 Å². The minimum absolute atomic E-state index is 0.215. The van der Waals surface area contributed by atoms with Crippen molar-refractivity contribution in [2.45, 2.75) is 27.2 Å². The van der Waals surface area contributed by atoms with E-state index in [2.05, 4.69) is 23.1 Å². The van der Waals surface area contributed by atoms with Gasteiger partial charge in [-0.2, -0.15) is 14.6 Å². The van der Waals surface area contributed by atoms with Crippen LogP contribution in [0.15, 0.2) is 83.8 Å². The molecule has 8 nitrogen and oxygen atoms in total. The maximum absolute atomic E-state index is 13.4. The highest BCUT2D eigenvalue weighted by Crippen LogP contribution is 2.29. The molecule has 0 spiro atoms. The molecule has 3 aromatic carbocycles. The lowest BCUT2D eigenvalue weighted by Gasteiger charge is -2.08. The van der Waals surface area contributed by atoms with Crippen LogP contribution in [0.3, 0.4) is 0 Å². The molecule has 0 unspecified atom stereocenters. The Labute approximate surface area is 241 Å². The number of thiazole rings is 1. The summed E-state index contributed by atoms with van der Waals surface area (Å²) in [5.41, 5.74) is 5.08. The van der Waals surface area contributed by atoms with Crippen molar-refractivity contribution >= 4 is 22.4 Å². The largest absolute Gasteiger partial charge is 0.494 e. The van der Waals surface area contributed by atoms with E-state index >= 15 is 0 Å². The Kier molecular flexibility index (Phi) is 7.35. The van der Waals surface area contributed by atoms with Crippen molar-refractivity contribution in [3.8, 4) is 39.8 Å². The first-order valence-corrected chi connectivity index (χ1v) is 14.4. The Balaban J connectivity index is 1.40. The minimum Gasteiger partial charge on any atom is -0.494 e. The SMILES string of the molecule is CCCOc1ccc(-c2nc3sc(=Cc4cn(-c5ccccc5)nc4-c4ccc(OCC)c(C)c4)c(=O)n3n2)cc1. The fourth-order valence-corrected chi connectivity index (χ4v) is 5.46. The van der Waals surface area contributed by atoms with Gasteiger partial charge in [-0.15, -0.1) is 5.10 Å². The van der Waals surface area contributed by atoms with Crippen LogP contribution < -0.4 is 19.6 Å². The van der Waals surface area contributed by atoms with E-state index in [1.807, 2.05) is 97.5 Å². The van der Waals surface area contributed by atoms with Gasteiger partial charge in [-0.1, -0.05) is 36.5 Å². The van der Waals surface area contributed by atoms with Crippen LogP contribution in [-0.2, 0) is 0 Å². The Morgan fingerprint density at radius 2 is 1.71 bits per heavy atom. The highest BCUT2D eigenvalue weighted by atomic mass is 32.1. The second-order valence-electron chi connectivity index (χ2n) is 9.54. The van der Waals surface area contributed by atoms with Crippen LogP contribution in [0.2, 0.25) is 0 Å². The van der Waals surface area contributed by atoms with Crippen LogP contribution in [-0.4, -0.2) is 37.6 Å². The third kappa shape index (κ3) is 5.36. The maximum atomic E-state index is 13.4. The quantitative estimate of drug-likeness (QED) is 0.224. The molecule has 206 valence electrons. The van der Waals surface area contributed by atoms with Crippen molar-refractivity contribution in [3.63, 3.8) is 0 Å². The van der Waals surface area contributed by atoms with E-state index in [0.717, 1.165) is 51.6 Å². The number of para-hydroxylation sites is 1. The zero-order valence-electron chi connectivity index (χ0n) is 23.1. The second kappa shape index (κ2) is 11.4. The number of nitrogens with zero attached hydrogens (tertiary/aromatic N) is 5. The molecule has 3 heterocycles. The fraction of sp³-hybridized carbons (Fsp3) is 0.188. The lowest BCUT2D eigenvalue weighted by atomic mass is 10.0. The maximum Gasteiger partial charge on any atom is 0.291 e. The van der Waals surface area contributed by atoms with E-state index in [4.69, 9.17) is 14.6 Å². The fourth-order valence-electron chi connectivity index (χ4n) is 4.56. The van der Waals surface area contributed by atoms with Crippen molar-refractivity contribution < 1.29 is 9.47 Å². The normalized spacial score (nSPS) is 11.8. The van der Waals surface area contributed by atoms with Gasteiger partial charge in [-0.25, -0.2) is 4.68 Å². The second-order valence-corrected chi connectivity index (χ2v) is 10.6. The van der Waals surface area contributed by atoms with Crippen LogP contribution in [0.5, 0.6) is 11.5 Å². The van der Waals surface area contributed by atoms with E-state index in [-0.39, 0.29) is 5.56 Å². The van der Waals surface area contributed by atoms with Gasteiger partial charge in [-0.3, -0.25) is 4.79 Å². The van der Waals surface area contributed by atoms with Gasteiger partial charge in [0.25, 0.3) is 5.56 Å². The Bertz CT molecular complexity index is 1920. The first-order valence-electron chi connectivity index (χ1n) is 13.6. The van der Waals surface area contributed by atoms with Crippen LogP contribution in [0, 0.1) is 6.92 Å². The van der Waals surface area contributed by atoms with E-state index in [0.29, 0.717) is 28.5 Å². The van der Waals surface area contributed by atoms with Gasteiger partial charge in [0.15, 0.2) is 5.82 Å². The first-order chi connectivity index (χ1) is 20.0. The molecule has 0 aliphatic rings. The van der Waals surface area contributed by atoms with E-state index < -0.39 is 0 Å². The standard InChI is InChI=1S/C32H29N5O3S/c1-4-17-40-26-14-11-22(12-15-26)30-33-32-37(35-30)31(38)28(41-32)19-24-20-36(25-9-7-6-8-10-25)34-29(24)23-13-16-27(39-5-2)21(3)18-23/h6-16,18-20H,4-5,17H2,1-3H3. The molecule has 0 saturated carbocycles. The molecule has 0 fully saturated rings. The molecule has 0 aliphatic carbocycles. The summed E-state index contributed by atoms with van der Waals surface area (Å²) in [6, 6.07) is 23.5. The highest BCUT2D eigenvalue weighted by molar-refractivity contribution is 7.15. The van der Waals surface area contributed by atoms with Gasteiger partial charge < -0.3 is 9.47 Å². The zero-order valence-corrected chi connectivity index (χ0v) is 23.9. The Hall–Kier alpha value is -4.76. The molecule has 0 amide bonds. The molecule has 0 radical (unpaired) electrons. The monoisotopic (exact) mass is 563 g/mol. The molecule has 3 aromatic heterocycles. The molecule has 6 aromatic rings. The summed E-state index contributed by atoms with van der Waals surface area (Å²) >= 11 is 1.31. The molecule has 6 rings (SSSR count). The minimum atomic E-state index is -0.215. The number of fused-ring (bicyclic) bond motifs is 1. The van der Waals surface area contributed by atoms with E-state index in [1.54, 1.807) is 0 Å². The third-order valence-electron chi connectivity index (χ3n) is 6.57. The van der Waals surface area contributed by atoms with Crippen molar-refractivity contribution in [3.05, 3.63) is 105 Å². The number of rotatable bonds is 9. The summed E-state index contributed by atoms with van der Waals surface area (Å²) in [7, 11) is 0. The zero-order chi connectivity index (χ0) is 28.3. The highest BCUT2D eigenvalue weighted by Gasteiger charge is 2.16. The summed E-state index contributed by atoms with van der Waals surface area (Å²) in [6.07, 6.45) is 4.76. The van der Waals surface area contributed by atoms with Gasteiger partial charge in [0, 0.05) is 22.9 Å².